The Morgan fingerprint density at radius 3 is 2.70 bits per heavy atom. The number of aliphatic hydroxyl groups excluding tert-OH is 1. The maximum absolute atomic E-state index is 9.93. The van der Waals surface area contributed by atoms with E-state index in [-0.39, 0.29) is 5.76 Å². The highest BCUT2D eigenvalue weighted by Crippen LogP contribution is 2.14. The van der Waals surface area contributed by atoms with Crippen molar-refractivity contribution in [1.29, 1.82) is 0 Å². The molecule has 1 rings (SSSR count). The number of carbonyl (C=O) groups excluding carboxylic acids is 1. The predicted octanol–water partition coefficient (Wildman–Crippen LogP) is -1.29. The van der Waals surface area contributed by atoms with Crippen molar-refractivity contribution in [1.82, 2.24) is 0 Å². The highest BCUT2D eigenvalue weighted by Gasteiger charge is 2.22. The molecule has 5 nitrogen and oxygen atoms in total. The number of rotatable bonds is 2. The number of carbonyl (C=O) groups is 1. The van der Waals surface area contributed by atoms with Gasteiger partial charge in [0.15, 0.2) is 5.76 Å². The molecule has 0 spiro atoms. The van der Waals surface area contributed by atoms with Gasteiger partial charge in [-0.15, -0.1) is 0 Å². The minimum atomic E-state index is -1.72. The van der Waals surface area contributed by atoms with Crippen LogP contribution < -0.4 is 0 Å². The second-order valence-corrected chi connectivity index (χ2v) is 1.65. The van der Waals surface area contributed by atoms with E-state index in [1.165, 1.54) is 0 Å². The van der Waals surface area contributed by atoms with Gasteiger partial charge >= 0.3 is 0 Å². The molecule has 0 saturated heterocycles. The highest BCUT2D eigenvalue weighted by atomic mass is 16.7. The minimum Gasteiger partial charge on any atom is -0.452 e. The minimum absolute atomic E-state index is 0.155. The molecule has 0 radical (unpaired) electrons. The van der Waals surface area contributed by atoms with Gasteiger partial charge in [0, 0.05) is 0 Å². The van der Waals surface area contributed by atoms with Crippen molar-refractivity contribution in [3.05, 3.63) is 12.0 Å². The van der Waals surface area contributed by atoms with E-state index in [0.29, 0.717) is 6.29 Å². The van der Waals surface area contributed by atoms with Crippen LogP contribution in [0, 0.1) is 0 Å². The summed E-state index contributed by atoms with van der Waals surface area (Å²) in [5.74, 6) is -0.155. The van der Waals surface area contributed by atoms with E-state index in [2.05, 4.69) is 9.47 Å². The largest absolute Gasteiger partial charge is 0.452 e. The lowest BCUT2D eigenvalue weighted by atomic mass is 10.5. The maximum Gasteiger partial charge on any atom is 0.297 e. The molecule has 1 heterocycles. The average molecular weight is 146 g/mol. The van der Waals surface area contributed by atoms with E-state index in [1.54, 1.807) is 0 Å². The summed E-state index contributed by atoms with van der Waals surface area (Å²) in [5, 5.41) is 16.9. The molecular formula is C5H6O5. The van der Waals surface area contributed by atoms with Crippen molar-refractivity contribution < 1.29 is 24.5 Å². The van der Waals surface area contributed by atoms with Crippen LogP contribution in [0.2, 0.25) is 0 Å². The molecule has 0 amide bonds. The Morgan fingerprint density at radius 1 is 1.70 bits per heavy atom. The lowest BCUT2D eigenvalue weighted by Gasteiger charge is -2.04. The summed E-state index contributed by atoms with van der Waals surface area (Å²) >= 11 is 0. The Kier molecular flexibility index (Phi) is 1.88. The summed E-state index contributed by atoms with van der Waals surface area (Å²) in [6.45, 7) is 0. The predicted molar refractivity (Wildman–Crippen MR) is 28.3 cm³/mol. The maximum atomic E-state index is 9.93. The van der Waals surface area contributed by atoms with E-state index < -0.39 is 12.6 Å². The summed E-state index contributed by atoms with van der Waals surface area (Å²) < 4.78 is 9.05. The third-order valence-corrected chi connectivity index (χ3v) is 0.936. The van der Waals surface area contributed by atoms with Crippen LogP contribution in [0.1, 0.15) is 0 Å². The van der Waals surface area contributed by atoms with Crippen molar-refractivity contribution in [2.24, 2.45) is 0 Å². The van der Waals surface area contributed by atoms with Gasteiger partial charge in [-0.05, 0) is 0 Å². The quantitative estimate of drug-likeness (QED) is 0.374. The van der Waals surface area contributed by atoms with Gasteiger partial charge in [-0.3, -0.25) is 4.79 Å². The number of hydrogen-bond donors (Lipinski definition) is 2. The Balaban J connectivity index is 2.46. The van der Waals surface area contributed by atoms with E-state index in [9.17, 15) is 4.79 Å². The van der Waals surface area contributed by atoms with Crippen molar-refractivity contribution in [3.63, 3.8) is 0 Å². The number of ether oxygens (including phenoxy) is 2. The second kappa shape index (κ2) is 2.68. The van der Waals surface area contributed by atoms with Gasteiger partial charge in [0.2, 0.25) is 12.6 Å². The second-order valence-electron chi connectivity index (χ2n) is 1.65. The molecule has 2 N–H and O–H groups in total. The Labute approximate surface area is 56.5 Å². The normalized spacial score (nSPS) is 23.5. The molecule has 0 aliphatic carbocycles. The van der Waals surface area contributed by atoms with Crippen molar-refractivity contribution >= 4 is 6.29 Å². The monoisotopic (exact) mass is 146 g/mol. The third kappa shape index (κ3) is 1.26. The van der Waals surface area contributed by atoms with Crippen LogP contribution in [-0.2, 0) is 14.3 Å². The topological polar surface area (TPSA) is 76.0 Å². The number of aliphatic hydroxyl groups is 2. The Hall–Kier alpha value is -1.07. The van der Waals surface area contributed by atoms with Gasteiger partial charge in [0.25, 0.3) is 6.29 Å². The zero-order chi connectivity index (χ0) is 7.56. The highest BCUT2D eigenvalue weighted by molar-refractivity contribution is 5.54. The molecule has 1 aliphatic heterocycles. The molecular weight excluding hydrogens is 140 g/mol. The fraction of sp³-hybridized carbons (Fsp3) is 0.400. The molecule has 1 atom stereocenters. The van der Waals surface area contributed by atoms with Crippen molar-refractivity contribution in [2.45, 2.75) is 12.6 Å². The van der Waals surface area contributed by atoms with E-state index in [4.69, 9.17) is 10.2 Å². The smallest absolute Gasteiger partial charge is 0.297 e. The first kappa shape index (κ1) is 7.04. The molecule has 56 valence electrons. The van der Waals surface area contributed by atoms with Crippen molar-refractivity contribution in [3.8, 4) is 0 Å². The molecule has 0 aromatic heterocycles. The number of hydrogen-bond acceptors (Lipinski definition) is 5. The molecule has 1 unspecified atom stereocenters. The molecule has 10 heavy (non-hydrogen) atoms. The Bertz CT molecular complexity index is 161. The van der Waals surface area contributed by atoms with E-state index >= 15 is 0 Å². The van der Waals surface area contributed by atoms with Crippen LogP contribution >= 0.6 is 0 Å². The lowest BCUT2D eigenvalue weighted by Crippen LogP contribution is -2.14. The molecule has 0 fully saturated rings. The zero-order valence-corrected chi connectivity index (χ0v) is 4.93. The molecule has 0 aromatic carbocycles. The summed E-state index contributed by atoms with van der Waals surface area (Å²) in [5.41, 5.74) is 0. The van der Waals surface area contributed by atoms with Crippen LogP contribution in [0.4, 0.5) is 0 Å². The van der Waals surface area contributed by atoms with Crippen LogP contribution in [0.15, 0.2) is 12.0 Å². The molecule has 0 aromatic rings. The van der Waals surface area contributed by atoms with Gasteiger partial charge in [-0.25, -0.2) is 0 Å². The Morgan fingerprint density at radius 2 is 2.40 bits per heavy atom. The van der Waals surface area contributed by atoms with Gasteiger partial charge in [0.05, 0.1) is 0 Å². The van der Waals surface area contributed by atoms with Crippen LogP contribution in [-0.4, -0.2) is 29.1 Å². The molecule has 5 heteroatoms. The van der Waals surface area contributed by atoms with E-state index in [0.717, 1.165) is 6.26 Å². The first-order valence-electron chi connectivity index (χ1n) is 2.57. The molecule has 0 bridgehead atoms. The van der Waals surface area contributed by atoms with Crippen LogP contribution in [0.25, 0.3) is 0 Å². The molecule has 0 saturated carbocycles. The summed E-state index contributed by atoms with van der Waals surface area (Å²) in [4.78, 5) is 9.93. The summed E-state index contributed by atoms with van der Waals surface area (Å²) in [6, 6.07) is 0. The fourth-order valence-corrected chi connectivity index (χ4v) is 0.505. The van der Waals surface area contributed by atoms with E-state index in [1.807, 2.05) is 0 Å². The lowest BCUT2D eigenvalue weighted by molar-refractivity contribution is -0.134. The van der Waals surface area contributed by atoms with Gasteiger partial charge < -0.3 is 19.7 Å². The number of aldehydes is 1. The standard InChI is InChI=1S/C5H6O5/c6-1-4-9-2-3(10-4)5(7)8/h1-2,4-5,7-8H. The fourth-order valence-electron chi connectivity index (χ4n) is 0.505. The zero-order valence-electron chi connectivity index (χ0n) is 4.93. The first-order valence-corrected chi connectivity index (χ1v) is 2.57. The summed E-state index contributed by atoms with van der Waals surface area (Å²) in [6.07, 6.45) is -1.35. The summed E-state index contributed by atoms with van der Waals surface area (Å²) in [7, 11) is 0. The first-order chi connectivity index (χ1) is 4.74. The van der Waals surface area contributed by atoms with Crippen LogP contribution in [0.5, 0.6) is 0 Å². The van der Waals surface area contributed by atoms with Gasteiger partial charge in [-0.1, -0.05) is 0 Å². The van der Waals surface area contributed by atoms with Crippen LogP contribution in [0.3, 0.4) is 0 Å². The van der Waals surface area contributed by atoms with Crippen molar-refractivity contribution in [2.75, 3.05) is 0 Å². The third-order valence-electron chi connectivity index (χ3n) is 0.936. The van der Waals surface area contributed by atoms with Gasteiger partial charge in [0.1, 0.15) is 6.26 Å². The molecule has 1 aliphatic rings. The SMILES string of the molecule is O=CC1OC=C(C(O)O)O1. The average Bonchev–Trinajstić information content (AvgIpc) is 2.34. The van der Waals surface area contributed by atoms with Gasteiger partial charge in [-0.2, -0.15) is 0 Å².